The van der Waals surface area contributed by atoms with E-state index in [0.717, 1.165) is 5.69 Å². The van der Waals surface area contributed by atoms with Gasteiger partial charge in [0.2, 0.25) is 0 Å². The number of fused-ring (bicyclic) bond motifs is 1. The Hall–Kier alpha value is -1.31. The molecule has 0 bridgehead atoms. The number of nitrogens with zero attached hydrogens (tertiary/aromatic N) is 2. The van der Waals surface area contributed by atoms with Crippen molar-refractivity contribution in [1.82, 2.24) is 9.55 Å². The molecule has 2 rings (SSSR count). The van der Waals surface area contributed by atoms with Gasteiger partial charge in [-0.05, 0) is 19.1 Å². The number of pyridine rings is 1. The third-order valence-electron chi connectivity index (χ3n) is 1.97. The minimum Gasteiger partial charge on any atom is -0.349 e. The first-order valence-corrected chi connectivity index (χ1v) is 3.65. The standard InChI is InChI=1S/C9H10N2/c1-7-9-8(3-5-10-7)4-6-11(9)2/h3-6H,1-2H3. The van der Waals surface area contributed by atoms with E-state index in [9.17, 15) is 0 Å². The highest BCUT2D eigenvalue weighted by atomic mass is 14.9. The average Bonchev–Trinajstić information content (AvgIpc) is 2.34. The summed E-state index contributed by atoms with van der Waals surface area (Å²) in [4.78, 5) is 4.22. The average molecular weight is 146 g/mol. The van der Waals surface area contributed by atoms with Gasteiger partial charge in [0.15, 0.2) is 0 Å². The third-order valence-corrected chi connectivity index (χ3v) is 1.97. The Bertz CT molecular complexity index is 387. The molecule has 2 heterocycles. The molecule has 11 heavy (non-hydrogen) atoms. The van der Waals surface area contributed by atoms with E-state index in [0.29, 0.717) is 0 Å². The molecule has 2 aromatic rings. The molecular formula is C9H10N2. The quantitative estimate of drug-likeness (QED) is 0.555. The van der Waals surface area contributed by atoms with Crippen molar-refractivity contribution in [1.29, 1.82) is 0 Å². The minimum absolute atomic E-state index is 1.09. The van der Waals surface area contributed by atoms with E-state index in [4.69, 9.17) is 0 Å². The summed E-state index contributed by atoms with van der Waals surface area (Å²) in [6.07, 6.45) is 3.90. The van der Waals surface area contributed by atoms with Crippen molar-refractivity contribution >= 4 is 10.9 Å². The number of hydrogen-bond donors (Lipinski definition) is 0. The molecule has 0 fully saturated rings. The molecular weight excluding hydrogens is 136 g/mol. The first-order chi connectivity index (χ1) is 5.29. The fourth-order valence-electron chi connectivity index (χ4n) is 1.44. The van der Waals surface area contributed by atoms with Crippen LogP contribution in [0.2, 0.25) is 0 Å². The molecule has 0 atom stereocenters. The van der Waals surface area contributed by atoms with E-state index in [-0.39, 0.29) is 0 Å². The Balaban J connectivity index is 2.96. The molecule has 0 spiro atoms. The Morgan fingerprint density at radius 1 is 1.36 bits per heavy atom. The zero-order chi connectivity index (χ0) is 7.84. The van der Waals surface area contributed by atoms with Crippen LogP contribution in [0.4, 0.5) is 0 Å². The monoisotopic (exact) mass is 146 g/mol. The molecule has 0 radical (unpaired) electrons. The Morgan fingerprint density at radius 3 is 2.91 bits per heavy atom. The van der Waals surface area contributed by atoms with Gasteiger partial charge in [0, 0.05) is 24.8 Å². The van der Waals surface area contributed by atoms with Gasteiger partial charge in [-0.25, -0.2) is 0 Å². The van der Waals surface area contributed by atoms with Crippen molar-refractivity contribution in [3.8, 4) is 0 Å². The van der Waals surface area contributed by atoms with Crippen LogP contribution in [0.15, 0.2) is 24.5 Å². The van der Waals surface area contributed by atoms with Crippen molar-refractivity contribution in [2.45, 2.75) is 6.92 Å². The van der Waals surface area contributed by atoms with Gasteiger partial charge in [-0.15, -0.1) is 0 Å². The summed E-state index contributed by atoms with van der Waals surface area (Å²) >= 11 is 0. The highest BCUT2D eigenvalue weighted by Crippen LogP contribution is 2.15. The molecule has 0 amide bonds. The maximum Gasteiger partial charge on any atom is 0.0693 e. The maximum atomic E-state index is 4.22. The number of hydrogen-bond acceptors (Lipinski definition) is 1. The van der Waals surface area contributed by atoms with Crippen molar-refractivity contribution in [2.75, 3.05) is 0 Å². The minimum atomic E-state index is 1.09. The molecule has 2 aromatic heterocycles. The third kappa shape index (κ3) is 0.827. The summed E-state index contributed by atoms with van der Waals surface area (Å²) in [7, 11) is 2.04. The summed E-state index contributed by atoms with van der Waals surface area (Å²) in [6.45, 7) is 2.03. The van der Waals surface area contributed by atoms with Crippen molar-refractivity contribution in [2.24, 2.45) is 7.05 Å². The topological polar surface area (TPSA) is 17.8 Å². The normalized spacial score (nSPS) is 10.7. The lowest BCUT2D eigenvalue weighted by Crippen LogP contribution is -1.88. The molecule has 2 nitrogen and oxygen atoms in total. The lowest BCUT2D eigenvalue weighted by atomic mass is 10.3. The van der Waals surface area contributed by atoms with E-state index in [2.05, 4.69) is 21.8 Å². The number of aromatic nitrogens is 2. The van der Waals surface area contributed by atoms with Crippen LogP contribution in [-0.4, -0.2) is 9.55 Å². The molecule has 0 aliphatic carbocycles. The van der Waals surface area contributed by atoms with Gasteiger partial charge < -0.3 is 4.57 Å². The lowest BCUT2D eigenvalue weighted by molar-refractivity contribution is 0.956. The van der Waals surface area contributed by atoms with Crippen LogP contribution in [0.1, 0.15) is 5.69 Å². The lowest BCUT2D eigenvalue weighted by Gasteiger charge is -1.98. The Kier molecular flexibility index (Phi) is 1.22. The smallest absolute Gasteiger partial charge is 0.0693 e. The van der Waals surface area contributed by atoms with Crippen molar-refractivity contribution in [3.05, 3.63) is 30.2 Å². The zero-order valence-corrected chi connectivity index (χ0v) is 6.70. The van der Waals surface area contributed by atoms with Gasteiger partial charge in [0.1, 0.15) is 0 Å². The van der Waals surface area contributed by atoms with E-state index < -0.39 is 0 Å². The summed E-state index contributed by atoms with van der Waals surface area (Å²) in [5.74, 6) is 0. The summed E-state index contributed by atoms with van der Waals surface area (Å²) in [5, 5.41) is 1.26. The second-order valence-corrected chi connectivity index (χ2v) is 2.76. The highest BCUT2D eigenvalue weighted by Gasteiger charge is 1.99. The second kappa shape index (κ2) is 2.09. The largest absolute Gasteiger partial charge is 0.349 e. The molecule has 0 aliphatic heterocycles. The summed E-state index contributed by atoms with van der Waals surface area (Å²) < 4.78 is 2.09. The van der Waals surface area contributed by atoms with Crippen LogP contribution in [-0.2, 0) is 7.05 Å². The number of aryl methyl sites for hydroxylation is 2. The molecule has 0 saturated carbocycles. The SMILES string of the molecule is Cc1nccc2ccn(C)c12. The van der Waals surface area contributed by atoms with Crippen LogP contribution < -0.4 is 0 Å². The van der Waals surface area contributed by atoms with Crippen molar-refractivity contribution in [3.63, 3.8) is 0 Å². The first kappa shape index (κ1) is 6.40. The molecule has 0 saturated heterocycles. The van der Waals surface area contributed by atoms with E-state index in [1.54, 1.807) is 0 Å². The zero-order valence-electron chi connectivity index (χ0n) is 6.70. The molecule has 56 valence electrons. The second-order valence-electron chi connectivity index (χ2n) is 2.76. The first-order valence-electron chi connectivity index (χ1n) is 3.65. The predicted octanol–water partition coefficient (Wildman–Crippen LogP) is 1.88. The number of rotatable bonds is 0. The summed E-state index contributed by atoms with van der Waals surface area (Å²) in [5.41, 5.74) is 2.32. The van der Waals surface area contributed by atoms with Gasteiger partial charge in [-0.3, -0.25) is 4.98 Å². The molecule has 2 heteroatoms. The van der Waals surface area contributed by atoms with Crippen LogP contribution >= 0.6 is 0 Å². The van der Waals surface area contributed by atoms with Crippen LogP contribution in [0.5, 0.6) is 0 Å². The van der Waals surface area contributed by atoms with Gasteiger partial charge in [0.25, 0.3) is 0 Å². The maximum absolute atomic E-state index is 4.22. The molecule has 0 N–H and O–H groups in total. The van der Waals surface area contributed by atoms with Gasteiger partial charge in [-0.1, -0.05) is 0 Å². The summed E-state index contributed by atoms with van der Waals surface area (Å²) in [6, 6.07) is 4.13. The van der Waals surface area contributed by atoms with E-state index in [1.807, 2.05) is 26.2 Å². The van der Waals surface area contributed by atoms with Gasteiger partial charge in [-0.2, -0.15) is 0 Å². The van der Waals surface area contributed by atoms with E-state index >= 15 is 0 Å². The predicted molar refractivity (Wildman–Crippen MR) is 45.5 cm³/mol. The van der Waals surface area contributed by atoms with Crippen LogP contribution in [0.25, 0.3) is 10.9 Å². The molecule has 0 aliphatic rings. The fraction of sp³-hybridized carbons (Fsp3) is 0.222. The van der Waals surface area contributed by atoms with Crippen LogP contribution in [0, 0.1) is 6.92 Å². The van der Waals surface area contributed by atoms with E-state index in [1.165, 1.54) is 10.9 Å². The highest BCUT2D eigenvalue weighted by molar-refractivity contribution is 5.81. The van der Waals surface area contributed by atoms with Crippen LogP contribution in [0.3, 0.4) is 0 Å². The Labute approximate surface area is 65.5 Å². The fourth-order valence-corrected chi connectivity index (χ4v) is 1.44. The Morgan fingerprint density at radius 2 is 2.18 bits per heavy atom. The van der Waals surface area contributed by atoms with Gasteiger partial charge in [0.05, 0.1) is 11.2 Å². The van der Waals surface area contributed by atoms with Gasteiger partial charge >= 0.3 is 0 Å². The molecule has 0 aromatic carbocycles. The van der Waals surface area contributed by atoms with Crippen molar-refractivity contribution < 1.29 is 0 Å². The molecule has 0 unspecified atom stereocenters.